The van der Waals surface area contributed by atoms with Crippen molar-refractivity contribution < 1.29 is 14.3 Å². The van der Waals surface area contributed by atoms with E-state index in [1.165, 1.54) is 0 Å². The SMILES string of the molecule is O=C(O)c1snnc1CF. The van der Waals surface area contributed by atoms with E-state index < -0.39 is 12.6 Å². The number of nitrogens with zero attached hydrogens (tertiary/aromatic N) is 2. The minimum Gasteiger partial charge on any atom is -0.477 e. The molecule has 0 unspecified atom stereocenters. The molecule has 0 aromatic carbocycles. The van der Waals surface area contributed by atoms with Gasteiger partial charge >= 0.3 is 5.97 Å². The maximum Gasteiger partial charge on any atom is 0.349 e. The fraction of sp³-hybridized carbons (Fsp3) is 0.250. The molecular formula is C4H3FN2O2S. The lowest BCUT2D eigenvalue weighted by Crippen LogP contribution is -1.96. The fourth-order valence-electron chi connectivity index (χ4n) is 0.459. The Labute approximate surface area is 59.5 Å². The van der Waals surface area contributed by atoms with Crippen LogP contribution in [0, 0.1) is 0 Å². The normalized spacial score (nSPS) is 9.70. The molecule has 10 heavy (non-hydrogen) atoms. The molecule has 0 aliphatic heterocycles. The molecule has 0 bridgehead atoms. The molecule has 0 radical (unpaired) electrons. The molecule has 0 saturated carbocycles. The lowest BCUT2D eigenvalue weighted by molar-refractivity contribution is 0.0700. The Hall–Kier alpha value is -1.04. The molecule has 1 heterocycles. The Bertz CT molecular complexity index is 249. The van der Waals surface area contributed by atoms with E-state index >= 15 is 0 Å². The number of alkyl halides is 1. The average molecular weight is 162 g/mol. The number of aromatic carboxylic acids is 1. The van der Waals surface area contributed by atoms with Gasteiger partial charge in [-0.2, -0.15) is 0 Å². The predicted octanol–water partition coefficient (Wildman–Crippen LogP) is 0.706. The largest absolute Gasteiger partial charge is 0.477 e. The van der Waals surface area contributed by atoms with Gasteiger partial charge in [0.2, 0.25) is 0 Å². The van der Waals surface area contributed by atoms with E-state index in [1.54, 1.807) is 0 Å². The van der Waals surface area contributed by atoms with Crippen molar-refractivity contribution in [1.82, 2.24) is 9.59 Å². The summed E-state index contributed by atoms with van der Waals surface area (Å²) in [7, 11) is 0. The lowest BCUT2D eigenvalue weighted by atomic mass is 10.4. The van der Waals surface area contributed by atoms with E-state index in [-0.39, 0.29) is 10.6 Å². The van der Waals surface area contributed by atoms with Crippen LogP contribution in [0.2, 0.25) is 0 Å². The third kappa shape index (κ3) is 1.10. The number of aromatic nitrogens is 2. The summed E-state index contributed by atoms with van der Waals surface area (Å²) in [5.41, 5.74) is -0.0995. The topological polar surface area (TPSA) is 63.1 Å². The van der Waals surface area contributed by atoms with Crippen molar-refractivity contribution >= 4 is 17.5 Å². The quantitative estimate of drug-likeness (QED) is 0.695. The van der Waals surface area contributed by atoms with Crippen molar-refractivity contribution in [2.45, 2.75) is 6.67 Å². The summed E-state index contributed by atoms with van der Waals surface area (Å²) in [6.45, 7) is -0.877. The second-order valence-electron chi connectivity index (χ2n) is 1.49. The monoisotopic (exact) mass is 162 g/mol. The van der Waals surface area contributed by atoms with Gasteiger partial charge in [0.1, 0.15) is 12.4 Å². The van der Waals surface area contributed by atoms with E-state index in [0.29, 0.717) is 11.5 Å². The molecule has 54 valence electrons. The van der Waals surface area contributed by atoms with Crippen molar-refractivity contribution in [3.63, 3.8) is 0 Å². The standard InChI is InChI=1S/C4H3FN2O2S/c5-1-2-3(4(8)9)10-7-6-2/h1H2,(H,8,9). The Kier molecular flexibility index (Phi) is 1.91. The maximum absolute atomic E-state index is 11.8. The highest BCUT2D eigenvalue weighted by Crippen LogP contribution is 2.10. The van der Waals surface area contributed by atoms with Crippen LogP contribution >= 0.6 is 11.5 Å². The van der Waals surface area contributed by atoms with Gasteiger partial charge in [0.15, 0.2) is 4.88 Å². The second-order valence-corrected chi connectivity index (χ2v) is 2.24. The third-order valence-corrected chi connectivity index (χ3v) is 1.63. The molecule has 6 heteroatoms. The van der Waals surface area contributed by atoms with Crippen LogP contribution in [0.1, 0.15) is 15.4 Å². The van der Waals surface area contributed by atoms with Crippen LogP contribution in [-0.2, 0) is 6.67 Å². The molecule has 0 fully saturated rings. The first-order valence-corrected chi connectivity index (χ1v) is 3.13. The zero-order valence-corrected chi connectivity index (χ0v) is 5.56. The maximum atomic E-state index is 11.8. The van der Waals surface area contributed by atoms with Crippen molar-refractivity contribution in [1.29, 1.82) is 0 Å². The molecule has 1 rings (SSSR count). The molecule has 0 amide bonds. The molecule has 0 atom stereocenters. The molecule has 4 nitrogen and oxygen atoms in total. The molecule has 0 saturated heterocycles. The molecule has 1 aromatic rings. The summed E-state index contributed by atoms with van der Waals surface area (Å²) >= 11 is 0.682. The smallest absolute Gasteiger partial charge is 0.349 e. The van der Waals surface area contributed by atoms with E-state index in [4.69, 9.17) is 5.11 Å². The van der Waals surface area contributed by atoms with Crippen LogP contribution in [0.25, 0.3) is 0 Å². The number of hydrogen-bond donors (Lipinski definition) is 1. The lowest BCUT2D eigenvalue weighted by Gasteiger charge is -1.85. The van der Waals surface area contributed by atoms with Crippen LogP contribution in [0.5, 0.6) is 0 Å². The van der Waals surface area contributed by atoms with Crippen LogP contribution in [0.4, 0.5) is 4.39 Å². The number of hydrogen-bond acceptors (Lipinski definition) is 4. The summed E-state index contributed by atoms with van der Waals surface area (Å²) in [5, 5.41) is 11.6. The van der Waals surface area contributed by atoms with Gasteiger partial charge in [-0.25, -0.2) is 9.18 Å². The van der Waals surface area contributed by atoms with Crippen LogP contribution in [-0.4, -0.2) is 20.7 Å². The van der Waals surface area contributed by atoms with E-state index in [2.05, 4.69) is 9.59 Å². The first kappa shape index (κ1) is 7.07. The zero-order valence-electron chi connectivity index (χ0n) is 4.74. The van der Waals surface area contributed by atoms with Gasteiger partial charge < -0.3 is 5.11 Å². The van der Waals surface area contributed by atoms with Gasteiger partial charge in [-0.3, -0.25) is 0 Å². The predicted molar refractivity (Wildman–Crippen MR) is 31.7 cm³/mol. The minimum absolute atomic E-state index is 0.0995. The zero-order chi connectivity index (χ0) is 7.56. The van der Waals surface area contributed by atoms with Crippen molar-refractivity contribution in [2.75, 3.05) is 0 Å². The van der Waals surface area contributed by atoms with Gasteiger partial charge in [-0.15, -0.1) is 5.10 Å². The highest BCUT2D eigenvalue weighted by molar-refractivity contribution is 7.07. The number of halogens is 1. The van der Waals surface area contributed by atoms with Crippen molar-refractivity contribution in [3.8, 4) is 0 Å². The molecule has 1 aromatic heterocycles. The molecular weight excluding hydrogens is 159 g/mol. The molecule has 0 aliphatic carbocycles. The number of rotatable bonds is 2. The van der Waals surface area contributed by atoms with E-state index in [9.17, 15) is 9.18 Å². The van der Waals surface area contributed by atoms with Crippen LogP contribution in [0.3, 0.4) is 0 Å². The van der Waals surface area contributed by atoms with E-state index in [0.717, 1.165) is 0 Å². The summed E-state index contributed by atoms with van der Waals surface area (Å²) < 4.78 is 15.1. The van der Waals surface area contributed by atoms with Gasteiger partial charge in [0, 0.05) is 0 Å². The molecule has 0 aliphatic rings. The van der Waals surface area contributed by atoms with Crippen LogP contribution in [0.15, 0.2) is 0 Å². The summed E-state index contributed by atoms with van der Waals surface area (Å²) in [6.07, 6.45) is 0. The summed E-state index contributed by atoms with van der Waals surface area (Å²) in [5.74, 6) is -1.18. The number of carbonyl (C=O) groups is 1. The molecule has 1 N–H and O–H groups in total. The van der Waals surface area contributed by atoms with E-state index in [1.807, 2.05) is 0 Å². The Morgan fingerprint density at radius 1 is 1.80 bits per heavy atom. The Morgan fingerprint density at radius 3 is 2.90 bits per heavy atom. The van der Waals surface area contributed by atoms with Crippen molar-refractivity contribution in [2.24, 2.45) is 0 Å². The minimum atomic E-state index is -1.18. The Morgan fingerprint density at radius 2 is 2.50 bits per heavy atom. The van der Waals surface area contributed by atoms with Gasteiger partial charge in [-0.05, 0) is 11.5 Å². The first-order chi connectivity index (χ1) is 4.75. The van der Waals surface area contributed by atoms with Gasteiger partial charge in [-0.1, -0.05) is 4.49 Å². The number of carboxylic acid groups (broad SMARTS) is 1. The van der Waals surface area contributed by atoms with Crippen molar-refractivity contribution in [3.05, 3.63) is 10.6 Å². The highest BCUT2D eigenvalue weighted by Gasteiger charge is 2.13. The van der Waals surface area contributed by atoms with Crippen LogP contribution < -0.4 is 0 Å². The molecule has 0 spiro atoms. The average Bonchev–Trinajstić information content (AvgIpc) is 2.33. The Balaban J connectivity index is 3.01. The first-order valence-electron chi connectivity index (χ1n) is 2.36. The van der Waals surface area contributed by atoms with Gasteiger partial charge in [0.25, 0.3) is 0 Å². The number of carboxylic acids is 1. The highest BCUT2D eigenvalue weighted by atomic mass is 32.1. The summed E-state index contributed by atoms with van der Waals surface area (Å²) in [4.78, 5) is 10.1. The second kappa shape index (κ2) is 2.70. The fourth-order valence-corrected chi connectivity index (χ4v) is 0.958. The van der Waals surface area contributed by atoms with Gasteiger partial charge in [0.05, 0.1) is 0 Å². The third-order valence-electron chi connectivity index (χ3n) is 0.877. The summed E-state index contributed by atoms with van der Waals surface area (Å²) in [6, 6.07) is 0.